The second-order valence-corrected chi connectivity index (χ2v) is 4.52. The van der Waals surface area contributed by atoms with Gasteiger partial charge in [-0.1, -0.05) is 11.8 Å². The summed E-state index contributed by atoms with van der Waals surface area (Å²) in [4.78, 5) is 18.7. The van der Waals surface area contributed by atoms with E-state index >= 15 is 0 Å². The number of hydrogen-bond donors (Lipinski definition) is 0. The molecule has 0 aliphatic rings. The fraction of sp³-hybridized carbons (Fsp3) is 0.0769. The number of carbonyl (C=O) groups is 1. The lowest BCUT2D eigenvalue weighted by Crippen LogP contribution is -2.24. The third-order valence-electron chi connectivity index (χ3n) is 2.28. The summed E-state index contributed by atoms with van der Waals surface area (Å²) in [7, 11) is 0. The van der Waals surface area contributed by atoms with E-state index in [1.807, 2.05) is 6.07 Å². The van der Waals surface area contributed by atoms with Crippen LogP contribution >= 0.6 is 11.8 Å². The summed E-state index contributed by atoms with van der Waals surface area (Å²) in [6.45, 7) is 0. The van der Waals surface area contributed by atoms with E-state index in [9.17, 15) is 9.90 Å². The highest BCUT2D eigenvalue weighted by Crippen LogP contribution is 2.24. The predicted octanol–water partition coefficient (Wildman–Crippen LogP) is 0.857. The summed E-state index contributed by atoms with van der Waals surface area (Å²) >= 11 is 0.977. The summed E-state index contributed by atoms with van der Waals surface area (Å²) in [6, 6.07) is 8.92. The summed E-state index contributed by atoms with van der Waals surface area (Å²) in [6.07, 6.45) is 3.28. The molecule has 0 bridgehead atoms. The highest BCUT2D eigenvalue weighted by molar-refractivity contribution is 7.99. The van der Waals surface area contributed by atoms with Gasteiger partial charge in [-0.15, -0.1) is 0 Å². The first-order chi connectivity index (χ1) is 9.20. The molecule has 0 saturated carbocycles. The molecule has 2 aromatic heterocycles. The first-order valence-electron chi connectivity index (χ1n) is 5.35. The minimum absolute atomic E-state index is 0.235. The standard InChI is InChI=1S/C13H9N3O2S/c14-7-10-1-2-11(9-3-5-15-6-4-9)16-13(10)19-8-12(17)18/h1-6H,8H2,(H,17,18)/p-1. The second-order valence-electron chi connectivity index (χ2n) is 3.56. The van der Waals surface area contributed by atoms with Crippen molar-refractivity contribution in [1.29, 1.82) is 5.26 Å². The normalized spacial score (nSPS) is 9.84. The van der Waals surface area contributed by atoms with E-state index < -0.39 is 5.97 Å². The topological polar surface area (TPSA) is 89.7 Å². The Morgan fingerprint density at radius 2 is 2.05 bits per heavy atom. The highest BCUT2D eigenvalue weighted by atomic mass is 32.2. The molecule has 0 amide bonds. The van der Waals surface area contributed by atoms with Crippen molar-refractivity contribution in [3.05, 3.63) is 42.2 Å². The molecule has 0 aliphatic carbocycles. The van der Waals surface area contributed by atoms with Gasteiger partial charge in [0.1, 0.15) is 11.1 Å². The van der Waals surface area contributed by atoms with Crippen molar-refractivity contribution in [3.8, 4) is 17.3 Å². The molecule has 0 saturated heterocycles. The maximum absolute atomic E-state index is 10.5. The van der Waals surface area contributed by atoms with Crippen molar-refractivity contribution in [3.63, 3.8) is 0 Å². The number of carboxylic acid groups (broad SMARTS) is 1. The van der Waals surface area contributed by atoms with Gasteiger partial charge in [0.15, 0.2) is 0 Å². The van der Waals surface area contributed by atoms with Crippen molar-refractivity contribution in [2.45, 2.75) is 5.03 Å². The molecule has 94 valence electrons. The lowest BCUT2D eigenvalue weighted by molar-refractivity contribution is -0.301. The van der Waals surface area contributed by atoms with Crippen LogP contribution in [0.4, 0.5) is 0 Å². The third kappa shape index (κ3) is 3.30. The molecule has 5 nitrogen and oxygen atoms in total. The zero-order valence-electron chi connectivity index (χ0n) is 9.74. The van der Waals surface area contributed by atoms with Gasteiger partial charge in [-0.2, -0.15) is 5.26 Å². The van der Waals surface area contributed by atoms with Crippen LogP contribution in [0.3, 0.4) is 0 Å². The third-order valence-corrected chi connectivity index (χ3v) is 3.25. The van der Waals surface area contributed by atoms with Crippen LogP contribution in [0, 0.1) is 11.3 Å². The minimum Gasteiger partial charge on any atom is -0.549 e. The Morgan fingerprint density at radius 1 is 1.32 bits per heavy atom. The quantitative estimate of drug-likeness (QED) is 0.765. The minimum atomic E-state index is -1.19. The Kier molecular flexibility index (Phi) is 4.11. The van der Waals surface area contributed by atoms with Crippen molar-refractivity contribution < 1.29 is 9.90 Å². The molecule has 2 aromatic rings. The summed E-state index contributed by atoms with van der Waals surface area (Å²) in [5.74, 6) is -1.42. The van der Waals surface area contributed by atoms with Crippen LogP contribution in [0.1, 0.15) is 5.56 Å². The number of carbonyl (C=O) groups excluding carboxylic acids is 1. The van der Waals surface area contributed by atoms with E-state index in [1.54, 1.807) is 36.7 Å². The van der Waals surface area contributed by atoms with Crippen LogP contribution in [0.5, 0.6) is 0 Å². The van der Waals surface area contributed by atoms with Crippen LogP contribution in [0.25, 0.3) is 11.3 Å². The number of rotatable bonds is 4. The molecule has 0 radical (unpaired) electrons. The first-order valence-corrected chi connectivity index (χ1v) is 6.33. The second kappa shape index (κ2) is 5.98. The monoisotopic (exact) mass is 270 g/mol. The number of nitrogens with zero attached hydrogens (tertiary/aromatic N) is 3. The van der Waals surface area contributed by atoms with Gasteiger partial charge in [0.25, 0.3) is 0 Å². The Labute approximate surface area is 113 Å². The average molecular weight is 270 g/mol. The van der Waals surface area contributed by atoms with Gasteiger partial charge in [0.2, 0.25) is 0 Å². The molecule has 0 aliphatic heterocycles. The Morgan fingerprint density at radius 3 is 2.68 bits per heavy atom. The van der Waals surface area contributed by atoms with Crippen molar-refractivity contribution in [2.24, 2.45) is 0 Å². The van der Waals surface area contributed by atoms with E-state index in [0.29, 0.717) is 16.3 Å². The first kappa shape index (κ1) is 13.1. The number of nitriles is 1. The molecule has 0 aromatic carbocycles. The summed E-state index contributed by atoms with van der Waals surface area (Å²) < 4.78 is 0. The fourth-order valence-electron chi connectivity index (χ4n) is 1.45. The molecular weight excluding hydrogens is 262 g/mol. The number of pyridine rings is 2. The Hall–Kier alpha value is -2.39. The number of carboxylic acids is 1. The number of aromatic nitrogens is 2. The average Bonchev–Trinajstić information content (AvgIpc) is 2.45. The smallest absolute Gasteiger partial charge is 0.115 e. The van der Waals surface area contributed by atoms with Crippen LogP contribution < -0.4 is 5.11 Å². The highest BCUT2D eigenvalue weighted by Gasteiger charge is 2.07. The number of thioether (sulfide) groups is 1. The predicted molar refractivity (Wildman–Crippen MR) is 67.9 cm³/mol. The van der Waals surface area contributed by atoms with E-state index in [-0.39, 0.29) is 5.75 Å². The maximum atomic E-state index is 10.5. The van der Waals surface area contributed by atoms with Crippen molar-refractivity contribution in [1.82, 2.24) is 9.97 Å². The molecule has 2 rings (SSSR count). The molecule has 0 N–H and O–H groups in total. The van der Waals surface area contributed by atoms with Gasteiger partial charge in [-0.3, -0.25) is 4.98 Å². The van der Waals surface area contributed by atoms with Gasteiger partial charge in [-0.05, 0) is 24.3 Å². The van der Waals surface area contributed by atoms with E-state index in [4.69, 9.17) is 5.26 Å². The van der Waals surface area contributed by atoms with Gasteiger partial charge in [0, 0.05) is 23.7 Å². The van der Waals surface area contributed by atoms with Crippen LogP contribution in [0.2, 0.25) is 0 Å². The Balaban J connectivity index is 2.36. The molecule has 0 fully saturated rings. The zero-order chi connectivity index (χ0) is 13.7. The van der Waals surface area contributed by atoms with Crippen LogP contribution in [0.15, 0.2) is 41.7 Å². The van der Waals surface area contributed by atoms with Crippen molar-refractivity contribution >= 4 is 17.7 Å². The molecule has 2 heterocycles. The van der Waals surface area contributed by atoms with Gasteiger partial charge < -0.3 is 9.90 Å². The molecule has 19 heavy (non-hydrogen) atoms. The molecule has 0 atom stereocenters. The van der Waals surface area contributed by atoms with E-state index in [2.05, 4.69) is 9.97 Å². The number of hydrogen-bond acceptors (Lipinski definition) is 6. The maximum Gasteiger partial charge on any atom is 0.115 e. The largest absolute Gasteiger partial charge is 0.549 e. The molecule has 0 spiro atoms. The summed E-state index contributed by atoms with van der Waals surface area (Å²) in [5, 5.41) is 19.8. The lowest BCUT2D eigenvalue weighted by atomic mass is 10.1. The summed E-state index contributed by atoms with van der Waals surface area (Å²) in [5.41, 5.74) is 1.88. The SMILES string of the molecule is N#Cc1ccc(-c2ccncc2)nc1SCC(=O)[O-]. The van der Waals surface area contributed by atoms with Crippen LogP contribution in [-0.4, -0.2) is 21.7 Å². The molecule has 0 unspecified atom stereocenters. The van der Waals surface area contributed by atoms with Gasteiger partial charge in [-0.25, -0.2) is 4.98 Å². The fourth-order valence-corrected chi connectivity index (χ4v) is 2.13. The number of aliphatic carboxylic acids is 1. The molecular formula is C13H8N3O2S-. The lowest BCUT2D eigenvalue weighted by Gasteiger charge is -2.06. The Bertz CT molecular complexity index is 638. The van der Waals surface area contributed by atoms with Crippen molar-refractivity contribution in [2.75, 3.05) is 5.75 Å². The molecule has 6 heteroatoms. The van der Waals surface area contributed by atoms with Crippen LogP contribution in [-0.2, 0) is 4.79 Å². The van der Waals surface area contributed by atoms with E-state index in [0.717, 1.165) is 17.3 Å². The van der Waals surface area contributed by atoms with Gasteiger partial charge in [0.05, 0.1) is 17.2 Å². The van der Waals surface area contributed by atoms with E-state index in [1.165, 1.54) is 0 Å². The van der Waals surface area contributed by atoms with Gasteiger partial charge >= 0.3 is 0 Å². The zero-order valence-corrected chi connectivity index (χ0v) is 10.6.